The molecule has 0 amide bonds. The van der Waals surface area contributed by atoms with Gasteiger partial charge < -0.3 is 19.7 Å². The molecule has 0 aromatic heterocycles. The van der Waals surface area contributed by atoms with Gasteiger partial charge >= 0.3 is 11.9 Å². The normalized spacial score (nSPS) is 13.1. The number of carbonyl (C=O) groups excluding carboxylic acids is 2. The number of hydrogen-bond donors (Lipinski definition) is 2. The lowest BCUT2D eigenvalue weighted by molar-refractivity contribution is -0.142. The first-order chi connectivity index (χ1) is 10.2. The molecule has 2 N–H and O–H groups in total. The van der Waals surface area contributed by atoms with E-state index in [4.69, 9.17) is 9.47 Å². The Morgan fingerprint density at radius 2 is 1.45 bits per heavy atom. The molecule has 6 heteroatoms. The Hall–Kier alpha value is -1.66. The van der Waals surface area contributed by atoms with Crippen LogP contribution >= 0.6 is 0 Å². The predicted molar refractivity (Wildman–Crippen MR) is 81.7 cm³/mol. The number of esters is 2. The average Bonchev–Trinajstić information content (AvgIpc) is 2.46. The van der Waals surface area contributed by atoms with Crippen LogP contribution in [0, 0.1) is 6.42 Å². The first-order valence-electron chi connectivity index (χ1n) is 7.07. The minimum atomic E-state index is -0.790. The molecule has 0 rings (SSSR count). The van der Waals surface area contributed by atoms with Gasteiger partial charge in [0.2, 0.25) is 0 Å². The van der Waals surface area contributed by atoms with E-state index in [1.54, 1.807) is 6.42 Å². The molecule has 2 atom stereocenters. The Balaban J connectivity index is 3.66. The fourth-order valence-corrected chi connectivity index (χ4v) is 1.36. The quantitative estimate of drug-likeness (QED) is 0.339. The summed E-state index contributed by atoms with van der Waals surface area (Å²) in [5.41, 5.74) is 0.565. The van der Waals surface area contributed by atoms with Crippen molar-refractivity contribution in [3.05, 3.63) is 30.7 Å². The molecule has 0 fully saturated rings. The van der Waals surface area contributed by atoms with E-state index in [0.717, 1.165) is 0 Å². The van der Waals surface area contributed by atoms with E-state index in [2.05, 4.69) is 13.2 Å². The summed E-state index contributed by atoms with van der Waals surface area (Å²) in [5, 5.41) is 19.2. The largest absolute Gasteiger partial charge is 0.460 e. The van der Waals surface area contributed by atoms with Gasteiger partial charge in [0.05, 0.1) is 12.2 Å². The standard InChI is InChI=1S/C16H25O6/c1-11(2)15(19)21-9-13(17)7-5-6-8-14(18)10-22-16(20)12(3)4/h5,13-14,17-18H,1,3,6-10H2,2,4H3. The van der Waals surface area contributed by atoms with E-state index in [9.17, 15) is 19.8 Å². The van der Waals surface area contributed by atoms with Gasteiger partial charge in [-0.3, -0.25) is 0 Å². The van der Waals surface area contributed by atoms with Crippen LogP contribution in [0.1, 0.15) is 33.1 Å². The van der Waals surface area contributed by atoms with Gasteiger partial charge in [-0.05, 0) is 39.5 Å². The Morgan fingerprint density at radius 1 is 1.00 bits per heavy atom. The van der Waals surface area contributed by atoms with Crippen LogP contribution in [0.3, 0.4) is 0 Å². The molecule has 2 unspecified atom stereocenters. The molecule has 0 bridgehead atoms. The summed E-state index contributed by atoms with van der Waals surface area (Å²) < 4.78 is 9.62. The van der Waals surface area contributed by atoms with Crippen LogP contribution in [0.25, 0.3) is 0 Å². The molecule has 0 aromatic rings. The van der Waals surface area contributed by atoms with Crippen LogP contribution in [0.2, 0.25) is 0 Å². The Bertz CT molecular complexity index is 363. The minimum absolute atomic E-state index is 0.0850. The third-order valence-electron chi connectivity index (χ3n) is 2.65. The zero-order valence-electron chi connectivity index (χ0n) is 13.2. The first kappa shape index (κ1) is 20.3. The Labute approximate surface area is 131 Å². The summed E-state index contributed by atoms with van der Waals surface area (Å²) >= 11 is 0. The maximum absolute atomic E-state index is 11.1. The topological polar surface area (TPSA) is 93.1 Å². The van der Waals surface area contributed by atoms with Crippen LogP contribution in [-0.4, -0.2) is 47.6 Å². The first-order valence-corrected chi connectivity index (χ1v) is 7.07. The molecule has 0 aromatic carbocycles. The number of hydrogen-bond acceptors (Lipinski definition) is 6. The fraction of sp³-hybridized carbons (Fsp3) is 0.562. The van der Waals surface area contributed by atoms with E-state index in [-0.39, 0.29) is 24.4 Å². The van der Waals surface area contributed by atoms with Crippen molar-refractivity contribution in [1.29, 1.82) is 0 Å². The second kappa shape index (κ2) is 11.0. The van der Waals surface area contributed by atoms with Crippen LogP contribution in [0.4, 0.5) is 0 Å². The van der Waals surface area contributed by atoms with Crippen LogP contribution in [-0.2, 0) is 19.1 Å². The van der Waals surface area contributed by atoms with E-state index >= 15 is 0 Å². The highest BCUT2D eigenvalue weighted by Crippen LogP contribution is 2.07. The van der Waals surface area contributed by atoms with Gasteiger partial charge in [-0.15, -0.1) is 0 Å². The summed E-state index contributed by atoms with van der Waals surface area (Å²) in [6.07, 6.45) is 1.50. The van der Waals surface area contributed by atoms with Crippen LogP contribution in [0.15, 0.2) is 24.3 Å². The van der Waals surface area contributed by atoms with Gasteiger partial charge in [0.25, 0.3) is 0 Å². The van der Waals surface area contributed by atoms with Crippen molar-refractivity contribution in [3.63, 3.8) is 0 Å². The molecular weight excluding hydrogens is 288 g/mol. The van der Waals surface area contributed by atoms with Crippen LogP contribution < -0.4 is 0 Å². The predicted octanol–water partition coefficient (Wildman–Crippen LogP) is 1.32. The van der Waals surface area contributed by atoms with Crippen molar-refractivity contribution in [1.82, 2.24) is 0 Å². The van der Waals surface area contributed by atoms with E-state index < -0.39 is 24.1 Å². The summed E-state index contributed by atoms with van der Waals surface area (Å²) in [7, 11) is 0. The van der Waals surface area contributed by atoms with Gasteiger partial charge in [-0.1, -0.05) is 13.2 Å². The maximum atomic E-state index is 11.1. The fourth-order valence-electron chi connectivity index (χ4n) is 1.36. The lowest BCUT2D eigenvalue weighted by Gasteiger charge is -2.13. The SMILES string of the molecule is C=C(C)C(=O)OCC(O)C[CH]CCC(O)COC(=O)C(=C)C. The smallest absolute Gasteiger partial charge is 0.333 e. The molecule has 0 spiro atoms. The highest BCUT2D eigenvalue weighted by atomic mass is 16.5. The maximum Gasteiger partial charge on any atom is 0.333 e. The van der Waals surface area contributed by atoms with Gasteiger partial charge in [0.15, 0.2) is 0 Å². The van der Waals surface area contributed by atoms with E-state index in [1.165, 1.54) is 13.8 Å². The lowest BCUT2D eigenvalue weighted by atomic mass is 10.1. The molecule has 0 aliphatic carbocycles. The highest BCUT2D eigenvalue weighted by molar-refractivity contribution is 5.87. The summed E-state index contributed by atoms with van der Waals surface area (Å²) in [6, 6.07) is 0. The summed E-state index contributed by atoms with van der Waals surface area (Å²) in [6.45, 7) is 9.75. The molecule has 125 valence electrons. The Kier molecular flexibility index (Phi) is 10.2. The van der Waals surface area contributed by atoms with Crippen molar-refractivity contribution in [2.45, 2.75) is 45.3 Å². The second-order valence-corrected chi connectivity index (χ2v) is 5.17. The number of aliphatic hydroxyl groups is 2. The van der Waals surface area contributed by atoms with Gasteiger partial charge in [-0.25, -0.2) is 9.59 Å². The van der Waals surface area contributed by atoms with Crippen molar-refractivity contribution < 1.29 is 29.3 Å². The molecule has 0 heterocycles. The second-order valence-electron chi connectivity index (χ2n) is 5.17. The molecule has 0 aliphatic heterocycles. The third kappa shape index (κ3) is 10.1. The Morgan fingerprint density at radius 3 is 1.91 bits per heavy atom. The monoisotopic (exact) mass is 313 g/mol. The third-order valence-corrected chi connectivity index (χ3v) is 2.65. The number of carbonyl (C=O) groups is 2. The highest BCUT2D eigenvalue weighted by Gasteiger charge is 2.11. The lowest BCUT2D eigenvalue weighted by Crippen LogP contribution is -2.20. The number of ether oxygens (including phenoxy) is 2. The summed E-state index contributed by atoms with van der Waals surface area (Å²) in [4.78, 5) is 22.2. The van der Waals surface area contributed by atoms with Crippen molar-refractivity contribution >= 4 is 11.9 Å². The molecule has 6 nitrogen and oxygen atoms in total. The zero-order chi connectivity index (χ0) is 17.1. The molecule has 1 radical (unpaired) electrons. The van der Waals surface area contributed by atoms with Gasteiger partial charge in [0.1, 0.15) is 13.2 Å². The average molecular weight is 313 g/mol. The van der Waals surface area contributed by atoms with Gasteiger partial charge in [0, 0.05) is 11.1 Å². The molecule has 0 saturated heterocycles. The van der Waals surface area contributed by atoms with E-state index in [1.807, 2.05) is 0 Å². The van der Waals surface area contributed by atoms with Crippen LogP contribution in [0.5, 0.6) is 0 Å². The van der Waals surface area contributed by atoms with Crippen molar-refractivity contribution in [2.24, 2.45) is 0 Å². The molecular formula is C16H25O6. The number of unbranched alkanes of at least 4 members (excludes halogenated alkanes) is 1. The molecule has 0 aliphatic rings. The number of rotatable bonds is 11. The number of aliphatic hydroxyl groups excluding tert-OH is 2. The zero-order valence-corrected chi connectivity index (χ0v) is 13.2. The van der Waals surface area contributed by atoms with Gasteiger partial charge in [-0.2, -0.15) is 0 Å². The summed E-state index contributed by atoms with van der Waals surface area (Å²) in [5.74, 6) is -1.06. The minimum Gasteiger partial charge on any atom is -0.460 e. The van der Waals surface area contributed by atoms with E-state index in [0.29, 0.717) is 19.3 Å². The van der Waals surface area contributed by atoms with Crippen molar-refractivity contribution in [2.75, 3.05) is 13.2 Å². The molecule has 0 saturated carbocycles. The molecule has 22 heavy (non-hydrogen) atoms. The van der Waals surface area contributed by atoms with Crippen molar-refractivity contribution in [3.8, 4) is 0 Å².